The molecule has 0 radical (unpaired) electrons. The SMILES string of the molecule is CC1(C)c2cc(-c3ccccc3)cc3c2N(c2ccc(-c4ccccc4)cc2C3)c2cc(Br)sc21. The number of benzene rings is 4. The number of hydrogen-bond acceptors (Lipinski definition) is 2. The van der Waals surface area contributed by atoms with Gasteiger partial charge in [0.1, 0.15) is 0 Å². The Bertz CT molecular complexity index is 1600. The molecule has 0 N–H and O–H groups in total. The average Bonchev–Trinajstić information content (AvgIpc) is 3.29. The van der Waals surface area contributed by atoms with Crippen molar-refractivity contribution in [3.05, 3.63) is 122 Å². The van der Waals surface area contributed by atoms with Crippen LogP contribution in [0.2, 0.25) is 0 Å². The van der Waals surface area contributed by atoms with Gasteiger partial charge in [0.15, 0.2) is 0 Å². The summed E-state index contributed by atoms with van der Waals surface area (Å²) in [6, 6.07) is 35.6. The van der Waals surface area contributed by atoms with E-state index < -0.39 is 0 Å². The molecule has 170 valence electrons. The van der Waals surface area contributed by atoms with Crippen LogP contribution in [0.4, 0.5) is 17.1 Å². The summed E-state index contributed by atoms with van der Waals surface area (Å²) in [5.74, 6) is 0. The van der Waals surface area contributed by atoms with Gasteiger partial charge in [0.25, 0.3) is 0 Å². The first-order valence-corrected chi connectivity index (χ1v) is 13.6. The summed E-state index contributed by atoms with van der Waals surface area (Å²) in [5, 5.41) is 0. The normalized spacial score (nSPS) is 14.8. The van der Waals surface area contributed by atoms with E-state index >= 15 is 0 Å². The Hall–Kier alpha value is -3.14. The smallest absolute Gasteiger partial charge is 0.0723 e. The lowest BCUT2D eigenvalue weighted by atomic mass is 9.74. The van der Waals surface area contributed by atoms with Gasteiger partial charge in [0.05, 0.1) is 15.2 Å². The zero-order valence-corrected chi connectivity index (χ0v) is 22.1. The Kier molecular flexibility index (Phi) is 4.64. The van der Waals surface area contributed by atoms with Crippen LogP contribution in [0.3, 0.4) is 0 Å². The van der Waals surface area contributed by atoms with Crippen molar-refractivity contribution in [2.24, 2.45) is 0 Å². The second kappa shape index (κ2) is 7.68. The van der Waals surface area contributed by atoms with Crippen molar-refractivity contribution < 1.29 is 0 Å². The molecular formula is C32H24BrNS. The van der Waals surface area contributed by atoms with Crippen molar-refractivity contribution in [1.29, 1.82) is 0 Å². The molecule has 35 heavy (non-hydrogen) atoms. The number of thiophene rings is 1. The summed E-state index contributed by atoms with van der Waals surface area (Å²) < 4.78 is 1.18. The minimum atomic E-state index is -0.0706. The molecule has 5 aromatic rings. The maximum absolute atomic E-state index is 3.81. The summed E-state index contributed by atoms with van der Waals surface area (Å²) in [4.78, 5) is 3.93. The maximum Gasteiger partial charge on any atom is 0.0723 e. The minimum absolute atomic E-state index is 0.0706. The van der Waals surface area contributed by atoms with Gasteiger partial charge in [0, 0.05) is 22.4 Å². The summed E-state index contributed by atoms with van der Waals surface area (Å²) >= 11 is 5.67. The van der Waals surface area contributed by atoms with Crippen molar-refractivity contribution in [2.75, 3.05) is 4.90 Å². The largest absolute Gasteiger partial charge is 0.308 e. The lowest BCUT2D eigenvalue weighted by Crippen LogP contribution is -2.32. The average molecular weight is 535 g/mol. The van der Waals surface area contributed by atoms with Gasteiger partial charge in [-0.2, -0.15) is 0 Å². The highest BCUT2D eigenvalue weighted by molar-refractivity contribution is 9.11. The van der Waals surface area contributed by atoms with Crippen LogP contribution < -0.4 is 4.90 Å². The first-order valence-electron chi connectivity index (χ1n) is 12.0. The fourth-order valence-electron chi connectivity index (χ4n) is 5.79. The van der Waals surface area contributed by atoms with Crippen LogP contribution in [0.1, 0.15) is 35.4 Å². The molecule has 2 aliphatic rings. The molecule has 0 atom stereocenters. The molecule has 0 saturated heterocycles. The van der Waals surface area contributed by atoms with Gasteiger partial charge >= 0.3 is 0 Å². The number of rotatable bonds is 2. The summed E-state index contributed by atoms with van der Waals surface area (Å²) in [5.41, 5.74) is 13.2. The highest BCUT2D eigenvalue weighted by atomic mass is 79.9. The topological polar surface area (TPSA) is 3.24 Å². The predicted octanol–water partition coefficient (Wildman–Crippen LogP) is 9.86. The number of fused-ring (bicyclic) bond motifs is 4. The van der Waals surface area contributed by atoms with Crippen molar-refractivity contribution in [3.8, 4) is 22.3 Å². The summed E-state index contributed by atoms with van der Waals surface area (Å²) in [6.45, 7) is 4.76. The Morgan fingerprint density at radius 3 is 2.06 bits per heavy atom. The van der Waals surface area contributed by atoms with Gasteiger partial charge in [-0.3, -0.25) is 0 Å². The van der Waals surface area contributed by atoms with Crippen molar-refractivity contribution in [2.45, 2.75) is 25.7 Å². The molecule has 2 aliphatic heterocycles. The molecule has 0 saturated carbocycles. The molecule has 0 fully saturated rings. The van der Waals surface area contributed by atoms with Crippen LogP contribution in [-0.2, 0) is 11.8 Å². The van der Waals surface area contributed by atoms with E-state index in [1.165, 1.54) is 64.7 Å². The van der Waals surface area contributed by atoms with Gasteiger partial charge in [-0.1, -0.05) is 80.6 Å². The van der Waals surface area contributed by atoms with Crippen LogP contribution >= 0.6 is 27.3 Å². The Morgan fingerprint density at radius 2 is 1.34 bits per heavy atom. The number of halogens is 1. The number of hydrogen-bond donors (Lipinski definition) is 0. The Balaban J connectivity index is 1.50. The van der Waals surface area contributed by atoms with Gasteiger partial charge < -0.3 is 4.90 Å². The van der Waals surface area contributed by atoms with Gasteiger partial charge in [0.2, 0.25) is 0 Å². The molecule has 0 spiro atoms. The van der Waals surface area contributed by atoms with Gasteiger partial charge in [-0.25, -0.2) is 0 Å². The monoisotopic (exact) mass is 533 g/mol. The molecule has 3 heteroatoms. The molecule has 7 rings (SSSR count). The molecule has 0 unspecified atom stereocenters. The number of anilines is 3. The predicted molar refractivity (Wildman–Crippen MR) is 153 cm³/mol. The van der Waals surface area contributed by atoms with E-state index in [0.29, 0.717) is 0 Å². The van der Waals surface area contributed by atoms with Gasteiger partial charge in [-0.05, 0) is 85.2 Å². The van der Waals surface area contributed by atoms with E-state index in [1.54, 1.807) is 0 Å². The van der Waals surface area contributed by atoms with E-state index in [2.05, 4.69) is 132 Å². The van der Waals surface area contributed by atoms with Gasteiger partial charge in [-0.15, -0.1) is 11.3 Å². The highest BCUT2D eigenvalue weighted by Gasteiger charge is 2.42. The van der Waals surface area contributed by atoms with E-state index in [4.69, 9.17) is 0 Å². The van der Waals surface area contributed by atoms with Crippen molar-refractivity contribution in [1.82, 2.24) is 0 Å². The van der Waals surface area contributed by atoms with Crippen LogP contribution in [0, 0.1) is 0 Å². The molecule has 4 aromatic carbocycles. The zero-order chi connectivity index (χ0) is 23.7. The summed E-state index contributed by atoms with van der Waals surface area (Å²) in [7, 11) is 0. The fraction of sp³-hybridized carbons (Fsp3) is 0.125. The van der Waals surface area contributed by atoms with Crippen LogP contribution in [-0.4, -0.2) is 0 Å². The third kappa shape index (κ3) is 3.18. The lowest BCUT2D eigenvalue weighted by molar-refractivity contribution is 0.644. The first-order chi connectivity index (χ1) is 17.0. The van der Waals surface area contributed by atoms with E-state index in [-0.39, 0.29) is 5.41 Å². The molecule has 3 heterocycles. The first kappa shape index (κ1) is 21.2. The Morgan fingerprint density at radius 1 is 0.686 bits per heavy atom. The van der Waals surface area contributed by atoms with E-state index in [9.17, 15) is 0 Å². The molecular weight excluding hydrogens is 510 g/mol. The second-order valence-corrected chi connectivity index (χ2v) is 12.4. The third-order valence-corrected chi connectivity index (χ3v) is 9.44. The third-order valence-electron chi connectivity index (χ3n) is 7.49. The molecule has 0 aliphatic carbocycles. The van der Waals surface area contributed by atoms with E-state index in [1.807, 2.05) is 11.3 Å². The standard InChI is InChI=1S/C32H24BrNS/c1-32(2)26-18-23(21-11-7-4-8-12-21)16-25-17-24-15-22(20-9-5-3-6-10-20)13-14-27(24)34(30(25)26)28-19-29(33)35-31(28)32/h3-16,18-19H,17H2,1-2H3. The quantitative estimate of drug-likeness (QED) is 0.214. The molecule has 0 amide bonds. The van der Waals surface area contributed by atoms with Crippen molar-refractivity contribution in [3.63, 3.8) is 0 Å². The Labute approximate surface area is 218 Å². The zero-order valence-electron chi connectivity index (χ0n) is 19.7. The van der Waals surface area contributed by atoms with Crippen molar-refractivity contribution >= 4 is 44.3 Å². The minimum Gasteiger partial charge on any atom is -0.308 e. The molecule has 1 aromatic heterocycles. The van der Waals surface area contributed by atoms with Crippen LogP contribution in [0.25, 0.3) is 22.3 Å². The lowest BCUT2D eigenvalue weighted by Gasteiger charge is -2.44. The molecule has 1 nitrogen and oxygen atoms in total. The fourth-order valence-corrected chi connectivity index (χ4v) is 7.47. The van der Waals surface area contributed by atoms with Crippen LogP contribution in [0.15, 0.2) is 101 Å². The highest BCUT2D eigenvalue weighted by Crippen LogP contribution is 2.59. The second-order valence-electron chi connectivity index (χ2n) is 10.0. The summed E-state index contributed by atoms with van der Waals surface area (Å²) in [6.07, 6.45) is 0.937. The number of nitrogens with zero attached hydrogens (tertiary/aromatic N) is 1. The van der Waals surface area contributed by atoms with Crippen LogP contribution in [0.5, 0.6) is 0 Å². The maximum atomic E-state index is 3.81. The molecule has 0 bridgehead atoms. The van der Waals surface area contributed by atoms with E-state index in [0.717, 1.165) is 6.42 Å².